The van der Waals surface area contributed by atoms with Crippen LogP contribution >= 0.6 is 0 Å². The third-order valence-electron chi connectivity index (χ3n) is 3.37. The van der Waals surface area contributed by atoms with Crippen LogP contribution in [-0.2, 0) is 0 Å². The number of nitrogens with zero attached hydrogens (tertiary/aromatic N) is 5. The van der Waals surface area contributed by atoms with Gasteiger partial charge in [0, 0.05) is 11.8 Å². The lowest BCUT2D eigenvalue weighted by Crippen LogP contribution is -2.15. The van der Waals surface area contributed by atoms with E-state index < -0.39 is 0 Å². The van der Waals surface area contributed by atoms with Crippen LogP contribution in [0.3, 0.4) is 0 Å². The van der Waals surface area contributed by atoms with Gasteiger partial charge in [0.1, 0.15) is 5.65 Å². The first kappa shape index (κ1) is 11.7. The number of hydrogen-bond donors (Lipinski definition) is 1. The van der Waals surface area contributed by atoms with E-state index in [1.165, 1.54) is 4.40 Å². The molecule has 0 spiro atoms. The molecular formula is C14H10N6O. The average Bonchev–Trinajstić information content (AvgIpc) is 3.02. The summed E-state index contributed by atoms with van der Waals surface area (Å²) >= 11 is 0. The first-order valence-corrected chi connectivity index (χ1v) is 6.39. The molecule has 0 aliphatic carbocycles. The highest BCUT2D eigenvalue weighted by Gasteiger charge is 2.09. The van der Waals surface area contributed by atoms with Crippen LogP contribution in [0.1, 0.15) is 5.56 Å². The molecule has 0 fully saturated rings. The van der Waals surface area contributed by atoms with Gasteiger partial charge in [-0.3, -0.25) is 9.20 Å². The third-order valence-corrected chi connectivity index (χ3v) is 3.37. The van der Waals surface area contributed by atoms with Crippen LogP contribution in [-0.4, -0.2) is 30.0 Å². The van der Waals surface area contributed by atoms with Gasteiger partial charge in [-0.15, -0.1) is 10.2 Å². The average molecular weight is 278 g/mol. The fraction of sp³-hybridized carbons (Fsp3) is 0.0714. The maximum absolute atomic E-state index is 12.6. The summed E-state index contributed by atoms with van der Waals surface area (Å²) in [7, 11) is 0. The van der Waals surface area contributed by atoms with Gasteiger partial charge in [-0.1, -0.05) is 11.6 Å². The van der Waals surface area contributed by atoms with E-state index in [9.17, 15) is 4.79 Å². The van der Waals surface area contributed by atoms with E-state index in [-0.39, 0.29) is 5.56 Å². The highest BCUT2D eigenvalue weighted by Crippen LogP contribution is 2.16. The molecule has 0 aliphatic heterocycles. The molecular weight excluding hydrogens is 268 g/mol. The minimum atomic E-state index is -0.107. The van der Waals surface area contributed by atoms with Crippen molar-refractivity contribution in [1.29, 1.82) is 0 Å². The Hall–Kier alpha value is -3.09. The first-order chi connectivity index (χ1) is 10.2. The third kappa shape index (κ3) is 1.78. The Morgan fingerprint density at radius 3 is 2.90 bits per heavy atom. The van der Waals surface area contributed by atoms with Gasteiger partial charge in [-0.25, -0.2) is 4.98 Å². The predicted molar refractivity (Wildman–Crippen MR) is 76.9 cm³/mol. The normalized spacial score (nSPS) is 11.3. The predicted octanol–water partition coefficient (Wildman–Crippen LogP) is 1.34. The van der Waals surface area contributed by atoms with E-state index in [0.29, 0.717) is 27.9 Å². The summed E-state index contributed by atoms with van der Waals surface area (Å²) < 4.78 is 1.51. The molecule has 21 heavy (non-hydrogen) atoms. The smallest absolute Gasteiger partial charge is 0.265 e. The molecule has 0 aliphatic rings. The maximum Gasteiger partial charge on any atom is 0.265 e. The number of H-pyrrole nitrogens is 1. The highest BCUT2D eigenvalue weighted by molar-refractivity contribution is 5.80. The van der Waals surface area contributed by atoms with Gasteiger partial charge in [-0.05, 0) is 36.4 Å². The number of aryl methyl sites for hydroxylation is 1. The van der Waals surface area contributed by atoms with Crippen LogP contribution in [0, 0.1) is 6.92 Å². The molecule has 0 radical (unpaired) electrons. The second-order valence-electron chi connectivity index (χ2n) is 4.82. The Morgan fingerprint density at radius 1 is 1.19 bits per heavy atom. The van der Waals surface area contributed by atoms with E-state index in [0.717, 1.165) is 5.56 Å². The molecule has 0 unspecified atom stereocenters. The van der Waals surface area contributed by atoms with Crippen LogP contribution in [0.4, 0.5) is 0 Å². The number of fused-ring (bicyclic) bond motifs is 2. The summed E-state index contributed by atoms with van der Waals surface area (Å²) in [4.78, 5) is 17.1. The van der Waals surface area contributed by atoms with Crippen molar-refractivity contribution in [2.75, 3.05) is 0 Å². The molecule has 0 atom stereocenters. The fourth-order valence-electron chi connectivity index (χ4n) is 2.33. The number of pyridine rings is 1. The maximum atomic E-state index is 12.6. The van der Waals surface area contributed by atoms with E-state index in [4.69, 9.17) is 0 Å². The van der Waals surface area contributed by atoms with Gasteiger partial charge in [0.15, 0.2) is 0 Å². The van der Waals surface area contributed by atoms with E-state index >= 15 is 0 Å². The van der Waals surface area contributed by atoms with Gasteiger partial charge in [0.2, 0.25) is 5.82 Å². The van der Waals surface area contributed by atoms with Crippen molar-refractivity contribution in [2.24, 2.45) is 0 Å². The molecule has 4 aromatic rings. The van der Waals surface area contributed by atoms with Gasteiger partial charge in [0.25, 0.3) is 5.56 Å². The molecule has 7 heteroatoms. The lowest BCUT2D eigenvalue weighted by atomic mass is 10.1. The van der Waals surface area contributed by atoms with E-state index in [2.05, 4.69) is 25.6 Å². The summed E-state index contributed by atoms with van der Waals surface area (Å²) in [5.74, 6) is 0.438. The summed E-state index contributed by atoms with van der Waals surface area (Å²) in [5, 5.41) is 14.3. The number of nitrogens with one attached hydrogen (secondary N) is 1. The molecule has 3 heterocycles. The van der Waals surface area contributed by atoms with Gasteiger partial charge < -0.3 is 0 Å². The molecule has 0 saturated carbocycles. The Balaban J connectivity index is 2.09. The molecule has 0 amide bonds. The zero-order chi connectivity index (χ0) is 14.4. The number of aromatic nitrogens is 6. The lowest BCUT2D eigenvalue weighted by molar-refractivity contribution is 0.881. The van der Waals surface area contributed by atoms with E-state index in [1.807, 2.05) is 31.2 Å². The largest absolute Gasteiger partial charge is 0.268 e. The molecule has 102 valence electrons. The van der Waals surface area contributed by atoms with Crippen molar-refractivity contribution < 1.29 is 0 Å². The van der Waals surface area contributed by atoms with Crippen molar-refractivity contribution in [2.45, 2.75) is 6.92 Å². The SMILES string of the molecule is Cc1ccc2nc3ccc(-c4nn[nH]n4)cn3c(=O)c2c1. The van der Waals surface area contributed by atoms with Crippen LogP contribution < -0.4 is 5.56 Å². The minimum absolute atomic E-state index is 0.107. The van der Waals surface area contributed by atoms with Crippen molar-refractivity contribution >= 4 is 16.6 Å². The van der Waals surface area contributed by atoms with E-state index in [1.54, 1.807) is 12.3 Å². The summed E-state index contributed by atoms with van der Waals surface area (Å²) in [6, 6.07) is 9.23. The molecule has 1 aromatic carbocycles. The molecule has 0 bridgehead atoms. The monoisotopic (exact) mass is 278 g/mol. The van der Waals surface area contributed by atoms with Gasteiger partial charge in [0.05, 0.1) is 10.9 Å². The zero-order valence-corrected chi connectivity index (χ0v) is 11.1. The molecule has 3 aromatic heterocycles. The summed E-state index contributed by atoms with van der Waals surface area (Å²) in [6.07, 6.45) is 1.68. The summed E-state index contributed by atoms with van der Waals surface area (Å²) in [5.41, 5.74) is 2.90. The van der Waals surface area contributed by atoms with Gasteiger partial charge >= 0.3 is 0 Å². The number of rotatable bonds is 1. The first-order valence-electron chi connectivity index (χ1n) is 6.39. The number of tetrazole rings is 1. The lowest BCUT2D eigenvalue weighted by Gasteiger charge is -2.05. The Morgan fingerprint density at radius 2 is 2.10 bits per heavy atom. The molecule has 7 nitrogen and oxygen atoms in total. The molecule has 0 saturated heterocycles. The summed E-state index contributed by atoms with van der Waals surface area (Å²) in [6.45, 7) is 1.95. The molecule has 4 rings (SSSR count). The quantitative estimate of drug-likeness (QED) is 0.531. The number of aromatic amines is 1. The Labute approximate surface area is 118 Å². The van der Waals surface area contributed by atoms with Crippen molar-refractivity contribution in [1.82, 2.24) is 30.0 Å². The highest BCUT2D eigenvalue weighted by atomic mass is 16.1. The minimum Gasteiger partial charge on any atom is -0.268 e. The number of hydrogen-bond acceptors (Lipinski definition) is 5. The molecule has 1 N–H and O–H groups in total. The van der Waals surface area contributed by atoms with Crippen LogP contribution in [0.2, 0.25) is 0 Å². The Kier molecular flexibility index (Phi) is 2.34. The van der Waals surface area contributed by atoms with Gasteiger partial charge in [-0.2, -0.15) is 5.21 Å². The van der Waals surface area contributed by atoms with Crippen LogP contribution in [0.5, 0.6) is 0 Å². The zero-order valence-electron chi connectivity index (χ0n) is 11.1. The van der Waals surface area contributed by atoms with Crippen LogP contribution in [0.25, 0.3) is 27.9 Å². The Bertz CT molecular complexity index is 1020. The second kappa shape index (κ2) is 4.20. The van der Waals surface area contributed by atoms with Crippen molar-refractivity contribution in [3.63, 3.8) is 0 Å². The van der Waals surface area contributed by atoms with Crippen molar-refractivity contribution in [3.8, 4) is 11.4 Å². The standard InChI is InChI=1S/C14H10N6O/c1-8-2-4-11-10(6-8)14(21)20-7-9(3-5-12(20)15-11)13-16-18-19-17-13/h2-7H,1H3,(H,16,17,18,19). The topological polar surface area (TPSA) is 88.8 Å². The fourth-order valence-corrected chi connectivity index (χ4v) is 2.33. The van der Waals surface area contributed by atoms with Crippen molar-refractivity contribution in [3.05, 3.63) is 52.4 Å². The second-order valence-corrected chi connectivity index (χ2v) is 4.82. The van der Waals surface area contributed by atoms with Crippen LogP contribution in [0.15, 0.2) is 41.3 Å². The number of benzene rings is 1.